The van der Waals surface area contributed by atoms with E-state index in [9.17, 15) is 9.90 Å². The highest BCUT2D eigenvalue weighted by atomic mass is 16.5. The topological polar surface area (TPSA) is 105 Å². The molecular formula is C14H15N3O4. The van der Waals surface area contributed by atoms with Gasteiger partial charge in [0.2, 0.25) is 0 Å². The van der Waals surface area contributed by atoms with Gasteiger partial charge in [0.15, 0.2) is 0 Å². The van der Waals surface area contributed by atoms with E-state index in [0.29, 0.717) is 12.2 Å². The molecule has 1 aromatic carbocycles. The molecule has 7 nitrogen and oxygen atoms in total. The smallest absolute Gasteiger partial charge is 0.310 e. The van der Waals surface area contributed by atoms with Crippen molar-refractivity contribution in [3.05, 3.63) is 39.8 Å². The van der Waals surface area contributed by atoms with Crippen molar-refractivity contribution in [1.29, 1.82) is 0 Å². The van der Waals surface area contributed by atoms with E-state index in [1.54, 1.807) is 0 Å². The molecule has 4 unspecified atom stereocenters. The van der Waals surface area contributed by atoms with E-state index in [2.05, 4.69) is 14.8 Å². The molecule has 0 aromatic heterocycles. The molecule has 1 fully saturated rings. The van der Waals surface area contributed by atoms with Gasteiger partial charge < -0.3 is 14.6 Å². The number of carbonyl (C=O) groups excluding carboxylic acids is 1. The molecule has 3 rings (SSSR count). The van der Waals surface area contributed by atoms with Crippen LogP contribution in [-0.2, 0) is 16.0 Å². The Morgan fingerprint density at radius 3 is 3.14 bits per heavy atom. The highest BCUT2D eigenvalue weighted by molar-refractivity contribution is 5.74. The quantitative estimate of drug-likeness (QED) is 0.395. The molecule has 0 saturated heterocycles. The first-order valence-electron chi connectivity index (χ1n) is 6.73. The summed E-state index contributed by atoms with van der Waals surface area (Å²) >= 11 is 0. The fourth-order valence-electron chi connectivity index (χ4n) is 3.20. The molecule has 1 saturated carbocycles. The average Bonchev–Trinajstić information content (AvgIpc) is 2.98. The number of fused-ring (bicyclic) bond motifs is 3. The number of methoxy groups -OCH3 is 1. The number of hydrogen-bond donors (Lipinski definition) is 1. The molecule has 110 valence electrons. The van der Waals surface area contributed by atoms with Crippen LogP contribution in [0.3, 0.4) is 0 Å². The van der Waals surface area contributed by atoms with Crippen molar-refractivity contribution < 1.29 is 19.4 Å². The Morgan fingerprint density at radius 1 is 1.62 bits per heavy atom. The van der Waals surface area contributed by atoms with Crippen LogP contribution in [-0.4, -0.2) is 36.4 Å². The van der Waals surface area contributed by atoms with Gasteiger partial charge in [-0.2, -0.15) is 0 Å². The summed E-state index contributed by atoms with van der Waals surface area (Å²) in [6.07, 6.45) is -0.373. The molecule has 1 aliphatic heterocycles. The second kappa shape index (κ2) is 5.27. The molecule has 2 aliphatic rings. The third-order valence-corrected chi connectivity index (χ3v) is 4.15. The number of aliphatic hydroxyl groups is 1. The zero-order chi connectivity index (χ0) is 15.0. The number of rotatable bonds is 3. The van der Waals surface area contributed by atoms with Gasteiger partial charge in [-0.25, -0.2) is 0 Å². The van der Waals surface area contributed by atoms with E-state index in [0.717, 1.165) is 11.1 Å². The maximum atomic E-state index is 11.4. The number of hydrogen-bond acceptors (Lipinski definition) is 5. The van der Waals surface area contributed by atoms with Crippen molar-refractivity contribution in [2.45, 2.75) is 37.0 Å². The third-order valence-electron chi connectivity index (χ3n) is 4.15. The molecule has 1 aliphatic carbocycles. The van der Waals surface area contributed by atoms with Crippen LogP contribution in [0.5, 0.6) is 5.75 Å². The van der Waals surface area contributed by atoms with Crippen LogP contribution in [0.15, 0.2) is 23.3 Å². The molecule has 1 heterocycles. The monoisotopic (exact) mass is 289 g/mol. The molecule has 21 heavy (non-hydrogen) atoms. The molecule has 0 spiro atoms. The summed E-state index contributed by atoms with van der Waals surface area (Å²) in [5.74, 6) is 0.0981. The van der Waals surface area contributed by atoms with Crippen LogP contribution >= 0.6 is 0 Å². The number of nitrogens with zero attached hydrogens (tertiary/aromatic N) is 3. The number of esters is 1. The third kappa shape index (κ3) is 2.20. The van der Waals surface area contributed by atoms with Gasteiger partial charge in [0.05, 0.1) is 31.6 Å². The summed E-state index contributed by atoms with van der Waals surface area (Å²) in [7, 11) is 1.34. The summed E-state index contributed by atoms with van der Waals surface area (Å²) < 4.78 is 10.6. The lowest BCUT2D eigenvalue weighted by molar-refractivity contribution is -0.139. The zero-order valence-corrected chi connectivity index (χ0v) is 11.5. The molecule has 1 N–H and O–H groups in total. The number of azide groups is 1. The Hall–Kier alpha value is -2.24. The molecule has 4 atom stereocenters. The molecule has 0 amide bonds. The molecule has 1 aromatic rings. The van der Waals surface area contributed by atoms with Gasteiger partial charge in [-0.05, 0) is 12.0 Å². The second-order valence-electron chi connectivity index (χ2n) is 5.27. The van der Waals surface area contributed by atoms with Crippen LogP contribution < -0.4 is 4.74 Å². The van der Waals surface area contributed by atoms with E-state index in [1.807, 2.05) is 18.2 Å². The van der Waals surface area contributed by atoms with Crippen LogP contribution in [0, 0.1) is 0 Å². The lowest BCUT2D eigenvalue weighted by atomic mass is 9.93. The van der Waals surface area contributed by atoms with Gasteiger partial charge in [0.25, 0.3) is 0 Å². The Balaban J connectivity index is 1.92. The van der Waals surface area contributed by atoms with Crippen molar-refractivity contribution in [2.24, 2.45) is 5.11 Å². The van der Waals surface area contributed by atoms with Gasteiger partial charge in [-0.15, -0.1) is 0 Å². The summed E-state index contributed by atoms with van der Waals surface area (Å²) in [6.45, 7) is 0. The minimum Gasteiger partial charge on any atom is -0.489 e. The first-order valence-corrected chi connectivity index (χ1v) is 6.73. The maximum Gasteiger partial charge on any atom is 0.310 e. The predicted octanol–water partition coefficient (Wildman–Crippen LogP) is 1.69. The Morgan fingerprint density at radius 2 is 2.43 bits per heavy atom. The SMILES string of the molecule is COC(=O)Cc1cccc2c1OC1CC(N=[N+]=[N-])C(O)C21. The number of ether oxygens (including phenoxy) is 2. The average molecular weight is 289 g/mol. The first-order chi connectivity index (χ1) is 10.2. The van der Waals surface area contributed by atoms with Crippen LogP contribution in [0.1, 0.15) is 23.5 Å². The minimum atomic E-state index is -0.763. The van der Waals surface area contributed by atoms with E-state index in [1.165, 1.54) is 7.11 Å². The molecule has 0 bridgehead atoms. The second-order valence-corrected chi connectivity index (χ2v) is 5.27. The van der Waals surface area contributed by atoms with Gasteiger partial charge in [0, 0.05) is 16.0 Å². The first kappa shape index (κ1) is 13.7. The maximum absolute atomic E-state index is 11.4. The number of benzene rings is 1. The standard InChI is InChI=1S/C14H15N3O4/c1-20-11(18)5-7-3-2-4-8-12-10(21-14(7)8)6-9(13(12)19)16-17-15/h2-4,9-10,12-13,19H,5-6H2,1H3. The van der Waals surface area contributed by atoms with Crippen LogP contribution in [0.4, 0.5) is 0 Å². The molecule has 7 heteroatoms. The summed E-state index contributed by atoms with van der Waals surface area (Å²) in [6, 6.07) is 5.05. The van der Waals surface area contributed by atoms with Gasteiger partial charge in [-0.3, -0.25) is 4.79 Å². The van der Waals surface area contributed by atoms with Gasteiger partial charge in [0.1, 0.15) is 11.9 Å². The van der Waals surface area contributed by atoms with Crippen molar-refractivity contribution in [1.82, 2.24) is 0 Å². The summed E-state index contributed by atoms with van der Waals surface area (Å²) in [4.78, 5) is 14.2. The van der Waals surface area contributed by atoms with E-state index < -0.39 is 12.1 Å². The summed E-state index contributed by atoms with van der Waals surface area (Å²) in [5, 5.41) is 13.9. The highest BCUT2D eigenvalue weighted by Gasteiger charge is 2.49. The van der Waals surface area contributed by atoms with Crippen molar-refractivity contribution in [2.75, 3.05) is 7.11 Å². The lowest BCUT2D eigenvalue weighted by Crippen LogP contribution is -2.22. The number of aliphatic hydroxyl groups excluding tert-OH is 1. The Kier molecular flexibility index (Phi) is 3.45. The van der Waals surface area contributed by atoms with Crippen molar-refractivity contribution >= 4 is 5.97 Å². The van der Waals surface area contributed by atoms with E-state index in [4.69, 9.17) is 10.3 Å². The largest absolute Gasteiger partial charge is 0.489 e. The number of carbonyl (C=O) groups is 1. The normalized spacial score (nSPS) is 29.0. The highest BCUT2D eigenvalue weighted by Crippen LogP contribution is 2.49. The molecule has 0 radical (unpaired) electrons. The summed E-state index contributed by atoms with van der Waals surface area (Å²) in [5.41, 5.74) is 10.1. The fraction of sp³-hybridized carbons (Fsp3) is 0.500. The van der Waals surface area contributed by atoms with Crippen LogP contribution in [0.25, 0.3) is 10.4 Å². The van der Waals surface area contributed by atoms with Crippen molar-refractivity contribution in [3.63, 3.8) is 0 Å². The zero-order valence-electron chi connectivity index (χ0n) is 11.5. The molecular weight excluding hydrogens is 274 g/mol. The predicted molar refractivity (Wildman–Crippen MR) is 72.9 cm³/mol. The number of para-hydroxylation sites is 1. The lowest BCUT2D eigenvalue weighted by Gasteiger charge is -2.15. The van der Waals surface area contributed by atoms with Crippen LogP contribution in [0.2, 0.25) is 0 Å². The van der Waals surface area contributed by atoms with E-state index >= 15 is 0 Å². The van der Waals surface area contributed by atoms with Gasteiger partial charge >= 0.3 is 5.97 Å². The van der Waals surface area contributed by atoms with E-state index in [-0.39, 0.29) is 24.4 Å². The Labute approximate surface area is 121 Å². The Bertz CT molecular complexity index is 627. The van der Waals surface area contributed by atoms with Crippen molar-refractivity contribution in [3.8, 4) is 5.75 Å². The van der Waals surface area contributed by atoms with Gasteiger partial charge in [-0.1, -0.05) is 23.3 Å². The minimum absolute atomic E-state index is 0.134. The fourth-order valence-corrected chi connectivity index (χ4v) is 3.20.